The molecule has 33 heavy (non-hydrogen) atoms. The number of amides is 1. The molecule has 3 rings (SSSR count). The Morgan fingerprint density at radius 2 is 1.64 bits per heavy atom. The van der Waals surface area contributed by atoms with E-state index >= 15 is 0 Å². The van der Waals surface area contributed by atoms with E-state index in [1.54, 1.807) is 14.2 Å². The van der Waals surface area contributed by atoms with Crippen molar-refractivity contribution in [3.05, 3.63) is 48.0 Å². The van der Waals surface area contributed by atoms with Crippen LogP contribution in [0.3, 0.4) is 0 Å². The molecule has 0 spiro atoms. The van der Waals surface area contributed by atoms with E-state index in [9.17, 15) is 9.90 Å². The Morgan fingerprint density at radius 3 is 2.18 bits per heavy atom. The summed E-state index contributed by atoms with van der Waals surface area (Å²) >= 11 is 0. The summed E-state index contributed by atoms with van der Waals surface area (Å²) in [6.45, 7) is 7.07. The molecule has 1 amide bonds. The van der Waals surface area contributed by atoms with Crippen LogP contribution >= 0.6 is 0 Å². The zero-order valence-corrected chi connectivity index (χ0v) is 20.5. The van der Waals surface area contributed by atoms with E-state index < -0.39 is 6.09 Å². The summed E-state index contributed by atoms with van der Waals surface area (Å²) in [4.78, 5) is 11.3. The van der Waals surface area contributed by atoms with E-state index in [0.29, 0.717) is 12.0 Å². The summed E-state index contributed by atoms with van der Waals surface area (Å²) in [6.07, 6.45) is 3.18. The van der Waals surface area contributed by atoms with Gasteiger partial charge in [-0.25, -0.2) is 4.79 Å². The normalized spacial score (nSPS) is 19.5. The molecule has 0 saturated heterocycles. The molecule has 2 aromatic carbocycles. The highest BCUT2D eigenvalue weighted by Crippen LogP contribution is 2.35. The summed E-state index contributed by atoms with van der Waals surface area (Å²) in [6, 6.07) is 14.8. The van der Waals surface area contributed by atoms with Crippen LogP contribution in [0.4, 0.5) is 4.79 Å². The molecular formula is C27H38N2O4. The van der Waals surface area contributed by atoms with Crippen LogP contribution in [-0.4, -0.2) is 37.5 Å². The average Bonchev–Trinajstić information content (AvgIpc) is 2.80. The van der Waals surface area contributed by atoms with Gasteiger partial charge in [-0.05, 0) is 72.4 Å². The highest BCUT2D eigenvalue weighted by atomic mass is 16.5. The van der Waals surface area contributed by atoms with Gasteiger partial charge in [0.2, 0.25) is 0 Å². The molecule has 0 heterocycles. The van der Waals surface area contributed by atoms with E-state index in [1.165, 1.54) is 0 Å². The van der Waals surface area contributed by atoms with Crippen molar-refractivity contribution in [2.45, 2.75) is 65.1 Å². The molecule has 180 valence electrons. The lowest BCUT2D eigenvalue weighted by Gasteiger charge is -2.40. The summed E-state index contributed by atoms with van der Waals surface area (Å²) < 4.78 is 10.9. The van der Waals surface area contributed by atoms with Gasteiger partial charge in [-0.2, -0.15) is 0 Å². The van der Waals surface area contributed by atoms with Crippen molar-refractivity contribution in [1.82, 2.24) is 10.6 Å². The average molecular weight is 455 g/mol. The standard InChI is InChI=1S/C27H38N2O4/c1-27(2,3)25(29-26(30)31)19-6-11-22(12-7-19)28-17-21-16-20(10-15-24(21)33-5)18-8-13-23(32-4)14-9-18/h8-10,13-16,19,22,25,28-29H,6-7,11-12,17H2,1-5H3,(H,30,31). The Morgan fingerprint density at radius 1 is 1.00 bits per heavy atom. The summed E-state index contributed by atoms with van der Waals surface area (Å²) in [7, 11) is 3.38. The minimum absolute atomic E-state index is 0.0303. The lowest BCUT2D eigenvalue weighted by atomic mass is 9.72. The molecule has 0 aliphatic heterocycles. The van der Waals surface area contributed by atoms with Crippen molar-refractivity contribution in [2.75, 3.05) is 14.2 Å². The topological polar surface area (TPSA) is 79.8 Å². The Hall–Kier alpha value is -2.73. The van der Waals surface area contributed by atoms with Crippen LogP contribution in [0.1, 0.15) is 52.0 Å². The molecule has 1 unspecified atom stereocenters. The van der Waals surface area contributed by atoms with Crippen LogP contribution in [0.25, 0.3) is 11.1 Å². The van der Waals surface area contributed by atoms with E-state index in [1.807, 2.05) is 18.2 Å². The van der Waals surface area contributed by atoms with Gasteiger partial charge in [-0.1, -0.05) is 39.0 Å². The van der Waals surface area contributed by atoms with Gasteiger partial charge in [0.15, 0.2) is 0 Å². The molecule has 1 aliphatic carbocycles. The zero-order chi connectivity index (χ0) is 24.0. The second-order valence-electron chi connectivity index (χ2n) is 10.0. The van der Waals surface area contributed by atoms with Crippen molar-refractivity contribution >= 4 is 6.09 Å². The molecule has 1 atom stereocenters. The number of benzene rings is 2. The maximum Gasteiger partial charge on any atom is 0.404 e. The number of hydrogen-bond acceptors (Lipinski definition) is 4. The molecule has 1 saturated carbocycles. The first-order chi connectivity index (χ1) is 15.7. The molecule has 1 aliphatic rings. The Kier molecular flexibility index (Phi) is 8.25. The first-order valence-corrected chi connectivity index (χ1v) is 11.8. The van der Waals surface area contributed by atoms with Crippen molar-refractivity contribution in [3.8, 4) is 22.6 Å². The van der Waals surface area contributed by atoms with Crippen molar-refractivity contribution in [1.29, 1.82) is 0 Å². The van der Waals surface area contributed by atoms with E-state index in [-0.39, 0.29) is 11.5 Å². The number of carboxylic acid groups (broad SMARTS) is 1. The van der Waals surface area contributed by atoms with Crippen molar-refractivity contribution in [3.63, 3.8) is 0 Å². The van der Waals surface area contributed by atoms with Gasteiger partial charge in [-0.15, -0.1) is 0 Å². The van der Waals surface area contributed by atoms with Gasteiger partial charge < -0.3 is 25.2 Å². The van der Waals surface area contributed by atoms with Gasteiger partial charge in [0, 0.05) is 24.2 Å². The third kappa shape index (κ3) is 6.64. The molecule has 0 radical (unpaired) electrons. The predicted octanol–water partition coefficient (Wildman–Crippen LogP) is 5.70. The fourth-order valence-corrected chi connectivity index (χ4v) is 4.97. The first kappa shape index (κ1) is 24.9. The summed E-state index contributed by atoms with van der Waals surface area (Å²) in [5.74, 6) is 2.09. The van der Waals surface area contributed by atoms with Gasteiger partial charge in [0.1, 0.15) is 11.5 Å². The minimum atomic E-state index is -0.931. The molecule has 1 fully saturated rings. The second kappa shape index (κ2) is 10.9. The van der Waals surface area contributed by atoms with Gasteiger partial charge in [0.25, 0.3) is 0 Å². The Labute approximate surface area is 197 Å². The number of nitrogens with one attached hydrogen (secondary N) is 2. The maximum absolute atomic E-state index is 11.3. The van der Waals surface area contributed by atoms with Gasteiger partial charge in [-0.3, -0.25) is 0 Å². The maximum atomic E-state index is 11.3. The van der Waals surface area contributed by atoms with Crippen LogP contribution in [0.15, 0.2) is 42.5 Å². The highest BCUT2D eigenvalue weighted by molar-refractivity contribution is 5.66. The van der Waals surface area contributed by atoms with E-state index in [0.717, 1.165) is 60.4 Å². The van der Waals surface area contributed by atoms with Crippen LogP contribution < -0.4 is 20.1 Å². The van der Waals surface area contributed by atoms with Gasteiger partial charge >= 0.3 is 6.09 Å². The molecule has 6 heteroatoms. The Balaban J connectivity index is 1.62. The molecule has 2 aromatic rings. The largest absolute Gasteiger partial charge is 0.497 e. The minimum Gasteiger partial charge on any atom is -0.497 e. The quantitative estimate of drug-likeness (QED) is 0.477. The highest BCUT2D eigenvalue weighted by Gasteiger charge is 2.35. The first-order valence-electron chi connectivity index (χ1n) is 11.8. The fourth-order valence-electron chi connectivity index (χ4n) is 4.97. The van der Waals surface area contributed by atoms with Crippen LogP contribution in [-0.2, 0) is 6.54 Å². The van der Waals surface area contributed by atoms with Gasteiger partial charge in [0.05, 0.1) is 14.2 Å². The number of carbonyl (C=O) groups is 1. The molecule has 6 nitrogen and oxygen atoms in total. The zero-order valence-electron chi connectivity index (χ0n) is 20.5. The Bertz CT molecular complexity index is 913. The number of rotatable bonds is 8. The molecule has 0 aromatic heterocycles. The fraction of sp³-hybridized carbons (Fsp3) is 0.519. The number of ether oxygens (including phenoxy) is 2. The lowest BCUT2D eigenvalue weighted by molar-refractivity contribution is 0.129. The van der Waals surface area contributed by atoms with Crippen LogP contribution in [0.2, 0.25) is 0 Å². The summed E-state index contributed by atoms with van der Waals surface area (Å²) in [5.41, 5.74) is 3.32. The SMILES string of the molecule is COc1ccc(-c2ccc(OC)c(CNC3CCC(C(NC(=O)O)C(C)(C)C)CC3)c2)cc1. The number of hydrogen-bond donors (Lipinski definition) is 3. The predicted molar refractivity (Wildman–Crippen MR) is 132 cm³/mol. The summed E-state index contributed by atoms with van der Waals surface area (Å²) in [5, 5.41) is 15.8. The van der Waals surface area contributed by atoms with Crippen LogP contribution in [0.5, 0.6) is 11.5 Å². The van der Waals surface area contributed by atoms with Crippen molar-refractivity contribution in [2.24, 2.45) is 11.3 Å². The van der Waals surface area contributed by atoms with E-state index in [4.69, 9.17) is 9.47 Å². The lowest BCUT2D eigenvalue weighted by Crippen LogP contribution is -2.50. The third-order valence-electron chi connectivity index (χ3n) is 6.74. The smallest absolute Gasteiger partial charge is 0.404 e. The second-order valence-corrected chi connectivity index (χ2v) is 10.0. The monoisotopic (exact) mass is 454 g/mol. The third-order valence-corrected chi connectivity index (χ3v) is 6.74. The molecule has 3 N–H and O–H groups in total. The molecule has 0 bridgehead atoms. The van der Waals surface area contributed by atoms with Crippen molar-refractivity contribution < 1.29 is 19.4 Å². The van der Waals surface area contributed by atoms with E-state index in [2.05, 4.69) is 55.7 Å². The number of methoxy groups -OCH3 is 2. The van der Waals surface area contributed by atoms with Crippen LogP contribution in [0, 0.1) is 11.3 Å². The molecular weight excluding hydrogens is 416 g/mol.